The first-order chi connectivity index (χ1) is 8.96. The summed E-state index contributed by atoms with van der Waals surface area (Å²) in [6, 6.07) is 2.00. The molecule has 0 amide bonds. The lowest BCUT2D eigenvalue weighted by atomic mass is 10.1. The summed E-state index contributed by atoms with van der Waals surface area (Å²) in [5.41, 5.74) is -0.350. The molecule has 0 aliphatic rings. The highest BCUT2D eigenvalue weighted by molar-refractivity contribution is 5.79. The second kappa shape index (κ2) is 5.59. The summed E-state index contributed by atoms with van der Waals surface area (Å²) in [7, 11) is 0. The standard InChI is InChI=1S/C11H8F6O3/c1-6(18)4-7-5-8(19-10(12,13)14)2-3-9(7)20-11(15,16)17/h2-3,5H,4H2,1H3. The molecule has 1 rings (SSSR count). The lowest BCUT2D eigenvalue weighted by Gasteiger charge is -2.15. The molecule has 0 spiro atoms. The summed E-state index contributed by atoms with van der Waals surface area (Å²) < 4.78 is 79.5. The van der Waals surface area contributed by atoms with E-state index in [1.165, 1.54) is 0 Å². The van der Waals surface area contributed by atoms with Crippen LogP contribution in [0.25, 0.3) is 0 Å². The molecule has 0 saturated heterocycles. The fourth-order valence-electron chi connectivity index (χ4n) is 1.38. The number of Topliss-reactive ketones (excluding diaryl/α,β-unsaturated/α-hetero) is 1. The Morgan fingerprint density at radius 3 is 2.05 bits per heavy atom. The molecule has 0 heterocycles. The quantitative estimate of drug-likeness (QED) is 0.797. The van der Waals surface area contributed by atoms with Crippen LogP contribution in [0.15, 0.2) is 18.2 Å². The van der Waals surface area contributed by atoms with Crippen molar-refractivity contribution in [1.82, 2.24) is 0 Å². The molecule has 0 fully saturated rings. The van der Waals surface area contributed by atoms with Crippen LogP contribution in [-0.4, -0.2) is 18.5 Å². The second-order valence-electron chi connectivity index (χ2n) is 3.74. The maximum Gasteiger partial charge on any atom is 0.573 e. The zero-order valence-electron chi connectivity index (χ0n) is 9.93. The number of carbonyl (C=O) groups is 1. The van der Waals surface area contributed by atoms with Gasteiger partial charge in [-0.1, -0.05) is 0 Å². The molecular formula is C11H8F6O3. The number of carbonyl (C=O) groups excluding carboxylic acids is 1. The Morgan fingerprint density at radius 1 is 1.05 bits per heavy atom. The van der Waals surface area contributed by atoms with Crippen molar-refractivity contribution in [2.75, 3.05) is 0 Å². The Kier molecular flexibility index (Phi) is 4.51. The molecule has 9 heteroatoms. The Morgan fingerprint density at radius 2 is 1.60 bits per heavy atom. The summed E-state index contributed by atoms with van der Waals surface area (Å²) in [4.78, 5) is 10.9. The molecule has 0 bridgehead atoms. The number of benzene rings is 1. The Labute approximate surface area is 109 Å². The van der Waals surface area contributed by atoms with Crippen molar-refractivity contribution in [3.05, 3.63) is 23.8 Å². The van der Waals surface area contributed by atoms with Crippen LogP contribution in [0.4, 0.5) is 26.3 Å². The minimum absolute atomic E-state index is 0.350. The van der Waals surface area contributed by atoms with Crippen molar-refractivity contribution in [3.63, 3.8) is 0 Å². The highest BCUT2D eigenvalue weighted by Crippen LogP contribution is 2.32. The van der Waals surface area contributed by atoms with Gasteiger partial charge in [0.05, 0.1) is 0 Å². The van der Waals surface area contributed by atoms with E-state index < -0.39 is 36.4 Å². The van der Waals surface area contributed by atoms with Gasteiger partial charge in [-0.25, -0.2) is 0 Å². The summed E-state index contributed by atoms with van der Waals surface area (Å²) in [6.07, 6.45) is -10.5. The molecule has 0 saturated carbocycles. The molecule has 0 aliphatic heterocycles. The van der Waals surface area contributed by atoms with E-state index in [4.69, 9.17) is 0 Å². The Bertz CT molecular complexity index is 492. The van der Waals surface area contributed by atoms with E-state index in [0.717, 1.165) is 6.92 Å². The Hall–Kier alpha value is -1.93. The zero-order chi connectivity index (χ0) is 15.6. The molecule has 0 aliphatic carbocycles. The zero-order valence-corrected chi connectivity index (χ0v) is 9.93. The normalized spacial score (nSPS) is 12.2. The number of hydrogen-bond donors (Lipinski definition) is 0. The predicted octanol–water partition coefficient (Wildman–Crippen LogP) is 3.62. The number of ether oxygens (including phenoxy) is 2. The molecule has 1 aromatic carbocycles. The number of halogens is 6. The van der Waals surface area contributed by atoms with Gasteiger partial charge in [0.25, 0.3) is 0 Å². The highest BCUT2D eigenvalue weighted by Gasteiger charge is 2.34. The largest absolute Gasteiger partial charge is 0.573 e. The molecule has 3 nitrogen and oxygen atoms in total. The van der Waals surface area contributed by atoms with Gasteiger partial charge >= 0.3 is 12.7 Å². The van der Waals surface area contributed by atoms with E-state index in [9.17, 15) is 31.1 Å². The van der Waals surface area contributed by atoms with Crippen LogP contribution in [0.5, 0.6) is 11.5 Å². The van der Waals surface area contributed by atoms with Crippen molar-refractivity contribution in [1.29, 1.82) is 0 Å². The minimum atomic E-state index is -5.02. The van der Waals surface area contributed by atoms with Crippen LogP contribution in [0.3, 0.4) is 0 Å². The fourth-order valence-corrected chi connectivity index (χ4v) is 1.38. The molecule has 0 N–H and O–H groups in total. The first-order valence-electron chi connectivity index (χ1n) is 5.10. The third-order valence-electron chi connectivity index (χ3n) is 1.93. The van der Waals surface area contributed by atoms with Gasteiger partial charge in [-0.05, 0) is 25.1 Å². The Balaban J connectivity index is 3.09. The SMILES string of the molecule is CC(=O)Cc1cc(OC(F)(F)F)ccc1OC(F)(F)F. The molecule has 0 atom stereocenters. The first kappa shape index (κ1) is 16.1. The average molecular weight is 302 g/mol. The van der Waals surface area contributed by atoms with Gasteiger partial charge < -0.3 is 9.47 Å². The van der Waals surface area contributed by atoms with Gasteiger partial charge in [-0.2, -0.15) is 0 Å². The van der Waals surface area contributed by atoms with E-state index in [1.54, 1.807) is 0 Å². The molecule has 1 aromatic rings. The maximum atomic E-state index is 12.1. The number of hydrogen-bond acceptors (Lipinski definition) is 3. The fraction of sp³-hybridized carbons (Fsp3) is 0.364. The lowest BCUT2D eigenvalue weighted by molar-refractivity contribution is -0.277. The molecule has 0 radical (unpaired) electrons. The van der Waals surface area contributed by atoms with Crippen LogP contribution >= 0.6 is 0 Å². The van der Waals surface area contributed by atoms with Crippen LogP contribution in [0.2, 0.25) is 0 Å². The van der Waals surface area contributed by atoms with Crippen molar-refractivity contribution in [2.24, 2.45) is 0 Å². The van der Waals surface area contributed by atoms with Crippen LogP contribution in [-0.2, 0) is 11.2 Å². The molecule has 0 aromatic heterocycles. The summed E-state index contributed by atoms with van der Waals surface area (Å²) in [5.74, 6) is -2.02. The summed E-state index contributed by atoms with van der Waals surface area (Å²) >= 11 is 0. The van der Waals surface area contributed by atoms with Gasteiger partial charge in [0.15, 0.2) is 0 Å². The van der Waals surface area contributed by atoms with Gasteiger partial charge in [0, 0.05) is 12.0 Å². The molecular weight excluding hydrogens is 294 g/mol. The van der Waals surface area contributed by atoms with Crippen molar-refractivity contribution >= 4 is 5.78 Å². The van der Waals surface area contributed by atoms with E-state index in [-0.39, 0.29) is 5.56 Å². The van der Waals surface area contributed by atoms with Crippen LogP contribution in [0.1, 0.15) is 12.5 Å². The molecule has 0 unspecified atom stereocenters. The van der Waals surface area contributed by atoms with Gasteiger partial charge in [0.1, 0.15) is 17.3 Å². The summed E-state index contributed by atoms with van der Waals surface area (Å²) in [6.45, 7) is 1.08. The maximum absolute atomic E-state index is 12.1. The second-order valence-corrected chi connectivity index (χ2v) is 3.74. The van der Waals surface area contributed by atoms with Crippen molar-refractivity contribution in [2.45, 2.75) is 26.1 Å². The first-order valence-corrected chi connectivity index (χ1v) is 5.10. The minimum Gasteiger partial charge on any atom is -0.406 e. The van der Waals surface area contributed by atoms with Crippen molar-refractivity contribution < 1.29 is 40.6 Å². The number of ketones is 1. The predicted molar refractivity (Wildman–Crippen MR) is 54.2 cm³/mol. The van der Waals surface area contributed by atoms with Gasteiger partial charge in [0.2, 0.25) is 0 Å². The van der Waals surface area contributed by atoms with E-state index in [1.807, 2.05) is 0 Å². The van der Waals surface area contributed by atoms with Crippen molar-refractivity contribution in [3.8, 4) is 11.5 Å². The van der Waals surface area contributed by atoms with Gasteiger partial charge in [-0.15, -0.1) is 26.3 Å². The topological polar surface area (TPSA) is 35.5 Å². The van der Waals surface area contributed by atoms with E-state index in [0.29, 0.717) is 18.2 Å². The average Bonchev–Trinajstić information content (AvgIpc) is 2.16. The third-order valence-corrected chi connectivity index (χ3v) is 1.93. The monoisotopic (exact) mass is 302 g/mol. The molecule has 112 valence electrons. The van der Waals surface area contributed by atoms with Crippen LogP contribution < -0.4 is 9.47 Å². The lowest BCUT2D eigenvalue weighted by Crippen LogP contribution is -2.19. The number of rotatable bonds is 4. The smallest absolute Gasteiger partial charge is 0.406 e. The van der Waals surface area contributed by atoms with E-state index in [2.05, 4.69) is 9.47 Å². The highest BCUT2D eigenvalue weighted by atomic mass is 19.4. The van der Waals surface area contributed by atoms with Gasteiger partial charge in [-0.3, -0.25) is 4.79 Å². The third kappa shape index (κ3) is 5.81. The number of alkyl halides is 6. The summed E-state index contributed by atoms with van der Waals surface area (Å²) in [5, 5.41) is 0. The molecule has 20 heavy (non-hydrogen) atoms. The van der Waals surface area contributed by atoms with Crippen LogP contribution in [0, 0.1) is 0 Å². The van der Waals surface area contributed by atoms with E-state index >= 15 is 0 Å².